The number of rotatable bonds is 5. The molecule has 4 nitrogen and oxygen atoms in total. The number of thioether (sulfide) groups is 1. The van der Waals surface area contributed by atoms with E-state index < -0.39 is 17.8 Å². The minimum Gasteiger partial charge on any atom is -0.465 e. The lowest BCUT2D eigenvalue weighted by Crippen LogP contribution is -2.36. The highest BCUT2D eigenvalue weighted by molar-refractivity contribution is 8.02. The van der Waals surface area contributed by atoms with E-state index in [0.29, 0.717) is 21.3 Å². The Morgan fingerprint density at radius 2 is 1.89 bits per heavy atom. The van der Waals surface area contributed by atoms with Gasteiger partial charge in [-0.15, -0.1) is 11.8 Å². The van der Waals surface area contributed by atoms with Gasteiger partial charge >= 0.3 is 5.97 Å². The van der Waals surface area contributed by atoms with Gasteiger partial charge in [0.05, 0.1) is 24.0 Å². The van der Waals surface area contributed by atoms with Gasteiger partial charge in [-0.05, 0) is 36.4 Å². The molecule has 0 amide bonds. The number of aliphatic imine (C=N–C) groups is 1. The van der Waals surface area contributed by atoms with E-state index in [9.17, 15) is 10.1 Å². The Hall–Kier alpha value is -2.55. The van der Waals surface area contributed by atoms with Crippen LogP contribution in [0, 0.1) is 17.2 Å². The third kappa shape index (κ3) is 3.99. The molecule has 1 heterocycles. The Labute approximate surface area is 173 Å². The molecule has 1 unspecified atom stereocenters. The number of esters is 1. The third-order valence-corrected chi connectivity index (χ3v) is 5.49. The second kappa shape index (κ2) is 9.09. The number of hydrogen-bond donors (Lipinski definition) is 0. The largest absolute Gasteiger partial charge is 0.465 e. The van der Waals surface area contributed by atoms with Crippen LogP contribution in [-0.4, -0.2) is 24.5 Å². The van der Waals surface area contributed by atoms with Crippen molar-refractivity contribution in [1.29, 1.82) is 5.26 Å². The van der Waals surface area contributed by atoms with Crippen molar-refractivity contribution >= 4 is 35.0 Å². The zero-order valence-electron chi connectivity index (χ0n) is 15.6. The molecule has 1 aliphatic rings. The molecule has 0 saturated heterocycles. The lowest BCUT2D eigenvalue weighted by molar-refractivity contribution is -0.145. The topological polar surface area (TPSA) is 62.4 Å². The Morgan fingerprint density at radius 1 is 1.21 bits per heavy atom. The van der Waals surface area contributed by atoms with Crippen LogP contribution in [-0.2, 0) is 9.53 Å². The van der Waals surface area contributed by atoms with Crippen molar-refractivity contribution in [3.8, 4) is 6.07 Å². The standard InChI is InChI=1S/C22H19ClN2O2S/c1-3-27-22(26)19-18(14-9-11-16(23)12-10-14)17(13-24)21(28-2)25-20(19)15-7-5-4-6-8-15/h4-12,18-19H,3H2,1-2H3/t18-,19?/m1/s1. The zero-order valence-corrected chi connectivity index (χ0v) is 17.1. The Morgan fingerprint density at radius 3 is 2.46 bits per heavy atom. The van der Waals surface area contributed by atoms with Crippen LogP contribution in [0.1, 0.15) is 24.0 Å². The maximum atomic E-state index is 13.0. The number of carbonyl (C=O) groups is 1. The summed E-state index contributed by atoms with van der Waals surface area (Å²) in [4.78, 5) is 17.7. The molecule has 6 heteroatoms. The fourth-order valence-corrected chi connectivity index (χ4v) is 4.04. The van der Waals surface area contributed by atoms with Crippen molar-refractivity contribution < 1.29 is 9.53 Å². The molecule has 2 aromatic rings. The van der Waals surface area contributed by atoms with Gasteiger partial charge in [0.25, 0.3) is 0 Å². The molecule has 0 radical (unpaired) electrons. The Bertz CT molecular complexity index is 962. The van der Waals surface area contributed by atoms with Crippen molar-refractivity contribution in [2.75, 3.05) is 12.9 Å². The molecule has 0 saturated carbocycles. The molecule has 0 spiro atoms. The van der Waals surface area contributed by atoms with Gasteiger partial charge in [-0.3, -0.25) is 4.79 Å². The van der Waals surface area contributed by atoms with Gasteiger partial charge in [-0.1, -0.05) is 54.1 Å². The second-order valence-electron chi connectivity index (χ2n) is 6.16. The molecule has 0 N–H and O–H groups in total. The number of nitriles is 1. The summed E-state index contributed by atoms with van der Waals surface area (Å²) in [5.41, 5.74) is 2.74. The van der Waals surface area contributed by atoms with Crippen LogP contribution in [0.2, 0.25) is 5.02 Å². The van der Waals surface area contributed by atoms with Crippen LogP contribution >= 0.6 is 23.4 Å². The van der Waals surface area contributed by atoms with Crippen molar-refractivity contribution in [2.45, 2.75) is 12.8 Å². The number of allylic oxidation sites excluding steroid dienone is 1. The highest BCUT2D eigenvalue weighted by atomic mass is 35.5. The molecule has 142 valence electrons. The fourth-order valence-electron chi connectivity index (χ4n) is 3.33. The summed E-state index contributed by atoms with van der Waals surface area (Å²) >= 11 is 7.45. The van der Waals surface area contributed by atoms with E-state index in [0.717, 1.165) is 11.1 Å². The van der Waals surface area contributed by atoms with Crippen molar-refractivity contribution in [3.63, 3.8) is 0 Å². The number of carbonyl (C=O) groups excluding carboxylic acids is 1. The summed E-state index contributed by atoms with van der Waals surface area (Å²) in [6.07, 6.45) is 1.88. The van der Waals surface area contributed by atoms with Gasteiger partial charge < -0.3 is 4.74 Å². The van der Waals surface area contributed by atoms with Crippen LogP contribution in [0.25, 0.3) is 0 Å². The summed E-state index contributed by atoms with van der Waals surface area (Å²) in [5.74, 6) is -1.59. The van der Waals surface area contributed by atoms with Crippen LogP contribution in [0.3, 0.4) is 0 Å². The first-order chi connectivity index (χ1) is 13.6. The number of halogens is 1. The van der Waals surface area contributed by atoms with Crippen molar-refractivity contribution in [3.05, 3.63) is 81.3 Å². The maximum Gasteiger partial charge on any atom is 0.316 e. The van der Waals surface area contributed by atoms with Crippen LogP contribution in [0.15, 0.2) is 70.2 Å². The number of hydrogen-bond acceptors (Lipinski definition) is 5. The van der Waals surface area contributed by atoms with Crippen LogP contribution in [0.4, 0.5) is 0 Å². The average molecular weight is 411 g/mol. The fraction of sp³-hybridized carbons (Fsp3) is 0.227. The second-order valence-corrected chi connectivity index (χ2v) is 7.39. The number of nitrogens with zero attached hydrogens (tertiary/aromatic N) is 2. The molecule has 3 rings (SSSR count). The lowest BCUT2D eigenvalue weighted by Gasteiger charge is -2.31. The number of ether oxygens (including phenoxy) is 1. The normalized spacial score (nSPS) is 19.0. The summed E-state index contributed by atoms with van der Waals surface area (Å²) < 4.78 is 5.39. The van der Waals surface area contributed by atoms with E-state index in [1.807, 2.05) is 48.7 Å². The molecule has 1 aliphatic heterocycles. The first-order valence-corrected chi connectivity index (χ1v) is 10.4. The molecular formula is C22H19ClN2O2S. The summed E-state index contributed by atoms with van der Waals surface area (Å²) in [6.45, 7) is 2.03. The Kier molecular flexibility index (Phi) is 6.56. The quantitative estimate of drug-likeness (QED) is 0.635. The predicted octanol–water partition coefficient (Wildman–Crippen LogP) is 5.20. The van der Waals surface area contributed by atoms with Crippen molar-refractivity contribution in [2.24, 2.45) is 10.9 Å². The van der Waals surface area contributed by atoms with Gasteiger partial charge in [0.1, 0.15) is 10.9 Å². The van der Waals surface area contributed by atoms with E-state index in [1.54, 1.807) is 19.1 Å². The average Bonchev–Trinajstić information content (AvgIpc) is 2.73. The highest BCUT2D eigenvalue weighted by Crippen LogP contribution is 2.43. The molecule has 0 aromatic heterocycles. The molecule has 0 fully saturated rings. The van der Waals surface area contributed by atoms with E-state index in [4.69, 9.17) is 21.3 Å². The first-order valence-electron chi connectivity index (χ1n) is 8.85. The van der Waals surface area contributed by atoms with Gasteiger partial charge in [0.2, 0.25) is 0 Å². The monoisotopic (exact) mass is 410 g/mol. The molecule has 0 bridgehead atoms. The zero-order chi connectivity index (χ0) is 20.1. The minimum atomic E-state index is -0.714. The van der Waals surface area contributed by atoms with Gasteiger partial charge in [-0.25, -0.2) is 4.99 Å². The highest BCUT2D eigenvalue weighted by Gasteiger charge is 2.42. The van der Waals surface area contributed by atoms with Gasteiger partial charge in [-0.2, -0.15) is 5.26 Å². The summed E-state index contributed by atoms with van der Waals surface area (Å²) in [7, 11) is 0. The first kappa shape index (κ1) is 20.2. The van der Waals surface area contributed by atoms with E-state index in [-0.39, 0.29) is 6.61 Å². The predicted molar refractivity (Wildman–Crippen MR) is 113 cm³/mol. The third-order valence-electron chi connectivity index (χ3n) is 4.54. The number of benzene rings is 2. The Balaban J connectivity index is 2.25. The summed E-state index contributed by atoms with van der Waals surface area (Å²) in [6, 6.07) is 19.1. The van der Waals surface area contributed by atoms with Crippen LogP contribution in [0.5, 0.6) is 0 Å². The van der Waals surface area contributed by atoms with E-state index in [2.05, 4.69) is 6.07 Å². The SMILES string of the molecule is CCOC(=O)C1C(c2ccccc2)=NC(SC)=C(C#N)[C@H]1c1ccc(Cl)cc1. The smallest absolute Gasteiger partial charge is 0.316 e. The van der Waals surface area contributed by atoms with E-state index >= 15 is 0 Å². The molecule has 2 atom stereocenters. The maximum absolute atomic E-state index is 13.0. The van der Waals surface area contributed by atoms with Crippen molar-refractivity contribution in [1.82, 2.24) is 0 Å². The molecule has 28 heavy (non-hydrogen) atoms. The molecule has 2 aromatic carbocycles. The van der Waals surface area contributed by atoms with Gasteiger partial charge in [0.15, 0.2) is 0 Å². The van der Waals surface area contributed by atoms with Gasteiger partial charge in [0, 0.05) is 10.9 Å². The minimum absolute atomic E-state index is 0.256. The molecular weight excluding hydrogens is 392 g/mol. The van der Waals surface area contributed by atoms with Crippen LogP contribution < -0.4 is 0 Å². The lowest BCUT2D eigenvalue weighted by atomic mass is 9.75. The summed E-state index contributed by atoms with van der Waals surface area (Å²) in [5, 5.41) is 11.1. The molecule has 0 aliphatic carbocycles. The van der Waals surface area contributed by atoms with E-state index in [1.165, 1.54) is 11.8 Å².